The third kappa shape index (κ3) is 3.50. The molecule has 0 unspecified atom stereocenters. The Morgan fingerprint density at radius 2 is 1.57 bits per heavy atom. The topological polar surface area (TPSA) is 43.9 Å². The van der Waals surface area contributed by atoms with E-state index in [0.29, 0.717) is 5.56 Å². The SMILES string of the molecule is CN1CCC(N(C)C2=C(c3ccc(F)cc3)C(=O)N(c3ccccc3F)C2=O)CC1. The van der Waals surface area contributed by atoms with Crippen LogP contribution in [0.5, 0.6) is 0 Å². The quantitative estimate of drug-likeness (QED) is 0.725. The number of halogens is 2. The highest BCUT2D eigenvalue weighted by Gasteiger charge is 2.44. The molecule has 0 atom stereocenters. The molecule has 1 saturated heterocycles. The van der Waals surface area contributed by atoms with Crippen LogP contribution in [0.3, 0.4) is 0 Å². The van der Waals surface area contributed by atoms with Crippen molar-refractivity contribution in [2.24, 2.45) is 0 Å². The van der Waals surface area contributed by atoms with Crippen LogP contribution in [0.1, 0.15) is 18.4 Å². The Balaban J connectivity index is 1.80. The van der Waals surface area contributed by atoms with E-state index in [4.69, 9.17) is 0 Å². The lowest BCUT2D eigenvalue weighted by Crippen LogP contribution is -2.43. The Hall–Kier alpha value is -3.06. The summed E-state index contributed by atoms with van der Waals surface area (Å²) in [6.45, 7) is 1.76. The molecule has 156 valence electrons. The summed E-state index contributed by atoms with van der Waals surface area (Å²) in [5.41, 5.74) is 0.747. The Bertz CT molecular complexity index is 1010. The molecule has 2 aromatic carbocycles. The molecule has 1 fully saturated rings. The number of para-hydroxylation sites is 1. The zero-order chi connectivity index (χ0) is 21.4. The fourth-order valence-corrected chi connectivity index (χ4v) is 4.14. The van der Waals surface area contributed by atoms with Crippen molar-refractivity contribution in [3.63, 3.8) is 0 Å². The highest BCUT2D eigenvalue weighted by atomic mass is 19.1. The average Bonchev–Trinajstić information content (AvgIpc) is 2.99. The maximum Gasteiger partial charge on any atom is 0.282 e. The Kier molecular flexibility index (Phi) is 5.39. The minimum absolute atomic E-state index is 0.0731. The van der Waals surface area contributed by atoms with Gasteiger partial charge in [0.25, 0.3) is 11.8 Å². The van der Waals surface area contributed by atoms with Crippen LogP contribution in [-0.2, 0) is 9.59 Å². The van der Waals surface area contributed by atoms with Crippen molar-refractivity contribution >= 4 is 23.1 Å². The first-order chi connectivity index (χ1) is 14.4. The maximum absolute atomic E-state index is 14.5. The van der Waals surface area contributed by atoms with Crippen LogP contribution in [-0.4, -0.2) is 54.8 Å². The van der Waals surface area contributed by atoms with Crippen molar-refractivity contribution in [1.82, 2.24) is 9.80 Å². The highest BCUT2D eigenvalue weighted by molar-refractivity contribution is 6.45. The van der Waals surface area contributed by atoms with Gasteiger partial charge in [0.15, 0.2) is 0 Å². The molecular formula is C23H23F2N3O2. The van der Waals surface area contributed by atoms with E-state index in [1.54, 1.807) is 13.1 Å². The van der Waals surface area contributed by atoms with Crippen LogP contribution < -0.4 is 4.90 Å². The number of carbonyl (C=O) groups is 2. The number of piperidine rings is 1. The minimum atomic E-state index is -0.652. The molecule has 0 aliphatic carbocycles. The van der Waals surface area contributed by atoms with Gasteiger partial charge in [0.1, 0.15) is 17.3 Å². The zero-order valence-electron chi connectivity index (χ0n) is 16.9. The van der Waals surface area contributed by atoms with Gasteiger partial charge in [-0.05, 0) is 62.8 Å². The number of likely N-dealkylation sites (tertiary alicyclic amines) is 1. The van der Waals surface area contributed by atoms with Crippen molar-refractivity contribution < 1.29 is 18.4 Å². The van der Waals surface area contributed by atoms with Crippen LogP contribution in [0.15, 0.2) is 54.2 Å². The van der Waals surface area contributed by atoms with Crippen molar-refractivity contribution in [1.29, 1.82) is 0 Å². The van der Waals surface area contributed by atoms with Gasteiger partial charge in [0.2, 0.25) is 0 Å². The molecule has 2 aliphatic rings. The van der Waals surface area contributed by atoms with Crippen molar-refractivity contribution in [3.05, 3.63) is 71.4 Å². The number of imide groups is 1. The smallest absolute Gasteiger partial charge is 0.282 e. The standard InChI is InChI=1S/C23H23F2N3O2/c1-26-13-11-17(12-14-26)27(2)21-20(15-7-9-16(24)10-8-15)22(29)28(23(21)30)19-6-4-3-5-18(19)25/h3-10,17H,11-14H2,1-2H3. The van der Waals surface area contributed by atoms with Gasteiger partial charge in [-0.25, -0.2) is 13.7 Å². The first-order valence-corrected chi connectivity index (χ1v) is 9.93. The first-order valence-electron chi connectivity index (χ1n) is 9.93. The second-order valence-electron chi connectivity index (χ2n) is 7.77. The Labute approximate surface area is 174 Å². The number of carbonyl (C=O) groups excluding carboxylic acids is 2. The first kappa shape index (κ1) is 20.2. The molecule has 0 aromatic heterocycles. The second-order valence-corrected chi connectivity index (χ2v) is 7.77. The summed E-state index contributed by atoms with van der Waals surface area (Å²) < 4.78 is 27.9. The van der Waals surface area contributed by atoms with E-state index in [1.807, 2.05) is 11.9 Å². The molecule has 30 heavy (non-hydrogen) atoms. The van der Waals surface area contributed by atoms with E-state index in [1.165, 1.54) is 42.5 Å². The Morgan fingerprint density at radius 1 is 0.933 bits per heavy atom. The van der Waals surface area contributed by atoms with E-state index in [0.717, 1.165) is 30.8 Å². The number of likely N-dealkylation sites (N-methyl/N-ethyl adjacent to an activating group) is 1. The van der Waals surface area contributed by atoms with E-state index in [2.05, 4.69) is 4.90 Å². The summed E-state index contributed by atoms with van der Waals surface area (Å²) in [5, 5.41) is 0. The van der Waals surface area contributed by atoms with Crippen molar-refractivity contribution in [3.8, 4) is 0 Å². The van der Waals surface area contributed by atoms with E-state index in [-0.39, 0.29) is 23.0 Å². The van der Waals surface area contributed by atoms with Gasteiger partial charge < -0.3 is 9.80 Å². The lowest BCUT2D eigenvalue weighted by molar-refractivity contribution is -0.120. The summed E-state index contributed by atoms with van der Waals surface area (Å²) in [6, 6.07) is 11.2. The molecule has 2 aromatic rings. The van der Waals surface area contributed by atoms with Crippen molar-refractivity contribution in [2.45, 2.75) is 18.9 Å². The van der Waals surface area contributed by atoms with Crippen molar-refractivity contribution in [2.75, 3.05) is 32.1 Å². The van der Waals surface area contributed by atoms with Crippen LogP contribution in [0.2, 0.25) is 0 Å². The summed E-state index contributed by atoms with van der Waals surface area (Å²) in [6.07, 6.45) is 1.68. The van der Waals surface area contributed by atoms with E-state index < -0.39 is 23.4 Å². The highest BCUT2D eigenvalue weighted by Crippen LogP contribution is 2.36. The number of rotatable bonds is 4. The predicted molar refractivity (Wildman–Crippen MR) is 110 cm³/mol. The lowest BCUT2D eigenvalue weighted by Gasteiger charge is -2.36. The molecule has 0 radical (unpaired) electrons. The number of nitrogens with zero attached hydrogens (tertiary/aromatic N) is 3. The number of anilines is 1. The molecule has 0 N–H and O–H groups in total. The molecule has 0 spiro atoms. The third-order valence-corrected chi connectivity index (χ3v) is 5.87. The van der Waals surface area contributed by atoms with Gasteiger partial charge in [0.05, 0.1) is 11.3 Å². The monoisotopic (exact) mass is 411 g/mol. The van der Waals surface area contributed by atoms with Crippen LogP contribution in [0, 0.1) is 11.6 Å². The summed E-state index contributed by atoms with van der Waals surface area (Å²) in [4.78, 5) is 31.7. The maximum atomic E-state index is 14.5. The molecular weight excluding hydrogens is 388 g/mol. The summed E-state index contributed by atoms with van der Waals surface area (Å²) >= 11 is 0. The van der Waals surface area contributed by atoms with Gasteiger partial charge in [0, 0.05) is 13.1 Å². The van der Waals surface area contributed by atoms with E-state index >= 15 is 0 Å². The third-order valence-electron chi connectivity index (χ3n) is 5.87. The van der Waals surface area contributed by atoms with Gasteiger partial charge in [-0.3, -0.25) is 9.59 Å². The normalized spacial score (nSPS) is 18.5. The van der Waals surface area contributed by atoms with Gasteiger partial charge in [-0.2, -0.15) is 0 Å². The van der Waals surface area contributed by atoms with Gasteiger partial charge in [-0.15, -0.1) is 0 Å². The summed E-state index contributed by atoms with van der Waals surface area (Å²) in [5.74, 6) is -2.26. The number of benzene rings is 2. The summed E-state index contributed by atoms with van der Waals surface area (Å²) in [7, 11) is 3.84. The molecule has 4 rings (SSSR count). The van der Waals surface area contributed by atoms with Crippen LogP contribution in [0.25, 0.3) is 5.57 Å². The van der Waals surface area contributed by atoms with Gasteiger partial charge >= 0.3 is 0 Å². The molecule has 0 saturated carbocycles. The predicted octanol–water partition coefficient (Wildman–Crippen LogP) is 3.28. The lowest BCUT2D eigenvalue weighted by atomic mass is 10.00. The fourth-order valence-electron chi connectivity index (χ4n) is 4.14. The van der Waals surface area contributed by atoms with E-state index in [9.17, 15) is 18.4 Å². The largest absolute Gasteiger partial charge is 0.366 e. The molecule has 7 heteroatoms. The molecule has 2 amide bonds. The van der Waals surface area contributed by atoms with Gasteiger partial charge in [-0.1, -0.05) is 24.3 Å². The molecule has 2 aliphatic heterocycles. The molecule has 2 heterocycles. The Morgan fingerprint density at radius 3 is 2.20 bits per heavy atom. The fraction of sp³-hybridized carbons (Fsp3) is 0.304. The zero-order valence-corrected chi connectivity index (χ0v) is 16.9. The minimum Gasteiger partial charge on any atom is -0.366 e. The molecule has 0 bridgehead atoms. The number of hydrogen-bond acceptors (Lipinski definition) is 4. The average molecular weight is 411 g/mol. The molecule has 5 nitrogen and oxygen atoms in total. The van der Waals surface area contributed by atoms with Crippen LogP contribution >= 0.6 is 0 Å². The number of amides is 2. The second kappa shape index (κ2) is 7.99. The number of hydrogen-bond donors (Lipinski definition) is 0. The van der Waals surface area contributed by atoms with Crippen LogP contribution in [0.4, 0.5) is 14.5 Å².